The smallest absolute Gasteiger partial charge is 0.184 e. The lowest BCUT2D eigenvalue weighted by molar-refractivity contribution is 0.0713. The van der Waals surface area contributed by atoms with Gasteiger partial charge in [-0.25, -0.2) is 12.8 Å². The topological polar surface area (TPSA) is 54.4 Å². The molecule has 0 unspecified atom stereocenters. The van der Waals surface area contributed by atoms with Crippen LogP contribution in [0.15, 0.2) is 29.2 Å². The molecule has 2 rings (SSSR count). The summed E-state index contributed by atoms with van der Waals surface area (Å²) in [5.41, 5.74) is -1.18. The van der Waals surface area contributed by atoms with E-state index in [1.165, 1.54) is 18.2 Å². The summed E-state index contributed by atoms with van der Waals surface area (Å²) in [4.78, 5) is -0.319. The summed E-state index contributed by atoms with van der Waals surface area (Å²) < 4.78 is 37.5. The van der Waals surface area contributed by atoms with Crippen molar-refractivity contribution in [2.24, 2.45) is 0 Å². The van der Waals surface area contributed by atoms with E-state index in [0.717, 1.165) is 18.9 Å². The first-order chi connectivity index (χ1) is 7.93. The number of rotatable bonds is 3. The summed E-state index contributed by atoms with van der Waals surface area (Å²) in [6.07, 6.45) is 2.59. The molecular formula is C12H15FO3S. The van der Waals surface area contributed by atoms with E-state index in [4.69, 9.17) is 0 Å². The fourth-order valence-corrected chi connectivity index (χ4v) is 4.11. The highest BCUT2D eigenvalue weighted by Crippen LogP contribution is 2.32. The van der Waals surface area contributed by atoms with Crippen molar-refractivity contribution in [3.05, 3.63) is 30.1 Å². The molecule has 0 aliphatic heterocycles. The molecule has 94 valence electrons. The van der Waals surface area contributed by atoms with Gasteiger partial charge < -0.3 is 5.11 Å². The first-order valence-electron chi connectivity index (χ1n) is 5.63. The Labute approximate surface area is 100 Å². The van der Waals surface area contributed by atoms with Crippen LogP contribution in [0.2, 0.25) is 0 Å². The number of hydrogen-bond donors (Lipinski definition) is 1. The Hall–Kier alpha value is -0.940. The summed E-state index contributed by atoms with van der Waals surface area (Å²) in [5.74, 6) is -1.14. The zero-order valence-electron chi connectivity index (χ0n) is 9.39. The summed E-state index contributed by atoms with van der Waals surface area (Å²) in [6, 6.07) is 5.28. The summed E-state index contributed by atoms with van der Waals surface area (Å²) in [7, 11) is -3.76. The van der Waals surface area contributed by atoms with Crippen molar-refractivity contribution in [3.63, 3.8) is 0 Å². The average Bonchev–Trinajstić information content (AvgIpc) is 2.64. The van der Waals surface area contributed by atoms with Gasteiger partial charge in [-0.15, -0.1) is 0 Å². The number of halogens is 1. The molecule has 0 atom stereocenters. The third-order valence-electron chi connectivity index (χ3n) is 3.16. The van der Waals surface area contributed by atoms with Crippen LogP contribution < -0.4 is 0 Å². The van der Waals surface area contributed by atoms with E-state index in [9.17, 15) is 17.9 Å². The van der Waals surface area contributed by atoms with Gasteiger partial charge in [0.15, 0.2) is 9.84 Å². The molecule has 1 saturated carbocycles. The molecule has 17 heavy (non-hydrogen) atoms. The number of hydrogen-bond acceptors (Lipinski definition) is 3. The highest BCUT2D eigenvalue weighted by Gasteiger charge is 2.37. The summed E-state index contributed by atoms with van der Waals surface area (Å²) in [5, 5.41) is 10.1. The zero-order valence-corrected chi connectivity index (χ0v) is 10.2. The lowest BCUT2D eigenvalue weighted by Gasteiger charge is -2.21. The van der Waals surface area contributed by atoms with Gasteiger partial charge in [0.2, 0.25) is 0 Å². The maximum absolute atomic E-state index is 13.4. The van der Waals surface area contributed by atoms with E-state index in [2.05, 4.69) is 0 Å². The van der Waals surface area contributed by atoms with E-state index in [0.29, 0.717) is 12.8 Å². The SMILES string of the molecule is O=S(=O)(CC1(O)CCCC1)c1ccccc1F. The zero-order chi connectivity index (χ0) is 12.5. The van der Waals surface area contributed by atoms with Gasteiger partial charge in [0, 0.05) is 0 Å². The predicted octanol–water partition coefficient (Wildman–Crippen LogP) is 1.90. The molecule has 1 aliphatic carbocycles. The Kier molecular flexibility index (Phi) is 3.23. The lowest BCUT2D eigenvalue weighted by atomic mass is 10.1. The molecule has 0 amide bonds. The molecule has 3 nitrogen and oxygen atoms in total. The first-order valence-corrected chi connectivity index (χ1v) is 7.28. The number of sulfone groups is 1. The minimum atomic E-state index is -3.76. The van der Waals surface area contributed by atoms with Gasteiger partial charge in [0.1, 0.15) is 10.7 Å². The van der Waals surface area contributed by atoms with Gasteiger partial charge in [-0.2, -0.15) is 0 Å². The van der Waals surface area contributed by atoms with E-state index in [1.54, 1.807) is 0 Å². The largest absolute Gasteiger partial charge is 0.389 e. The van der Waals surface area contributed by atoms with Crippen LogP contribution in [0, 0.1) is 5.82 Å². The van der Waals surface area contributed by atoms with Gasteiger partial charge in [-0.3, -0.25) is 0 Å². The third kappa shape index (κ3) is 2.66. The van der Waals surface area contributed by atoms with Gasteiger partial charge in [0.25, 0.3) is 0 Å². The normalized spacial score (nSPS) is 19.4. The fourth-order valence-electron chi connectivity index (χ4n) is 2.31. The maximum atomic E-state index is 13.4. The maximum Gasteiger partial charge on any atom is 0.184 e. The Morgan fingerprint density at radius 3 is 2.41 bits per heavy atom. The van der Waals surface area contributed by atoms with Crippen molar-refractivity contribution >= 4 is 9.84 Å². The van der Waals surface area contributed by atoms with Crippen LogP contribution in [-0.4, -0.2) is 24.9 Å². The molecule has 5 heteroatoms. The molecular weight excluding hydrogens is 243 g/mol. The lowest BCUT2D eigenvalue weighted by Crippen LogP contribution is -2.34. The minimum Gasteiger partial charge on any atom is -0.389 e. The molecule has 0 aromatic heterocycles. The fraction of sp³-hybridized carbons (Fsp3) is 0.500. The van der Waals surface area contributed by atoms with Crippen LogP contribution in [0.4, 0.5) is 4.39 Å². The Morgan fingerprint density at radius 1 is 1.24 bits per heavy atom. The van der Waals surface area contributed by atoms with Gasteiger partial charge in [-0.05, 0) is 25.0 Å². The van der Waals surface area contributed by atoms with Crippen LogP contribution in [0.25, 0.3) is 0 Å². The third-order valence-corrected chi connectivity index (χ3v) is 5.08. The molecule has 1 N–H and O–H groups in total. The second-order valence-electron chi connectivity index (χ2n) is 4.62. The number of aliphatic hydroxyl groups is 1. The Balaban J connectivity index is 2.28. The molecule has 0 saturated heterocycles. The average molecular weight is 258 g/mol. The summed E-state index contributed by atoms with van der Waals surface area (Å²) in [6.45, 7) is 0. The second-order valence-corrected chi connectivity index (χ2v) is 6.58. The highest BCUT2D eigenvalue weighted by molar-refractivity contribution is 7.91. The van der Waals surface area contributed by atoms with Crippen LogP contribution in [-0.2, 0) is 9.84 Å². The van der Waals surface area contributed by atoms with E-state index in [-0.39, 0.29) is 10.6 Å². The van der Waals surface area contributed by atoms with Crippen molar-refractivity contribution in [1.82, 2.24) is 0 Å². The van der Waals surface area contributed by atoms with Crippen LogP contribution in [0.5, 0.6) is 0 Å². The van der Waals surface area contributed by atoms with Gasteiger partial charge >= 0.3 is 0 Å². The highest BCUT2D eigenvalue weighted by atomic mass is 32.2. The van der Waals surface area contributed by atoms with Crippen molar-refractivity contribution in [1.29, 1.82) is 0 Å². The second kappa shape index (κ2) is 4.38. The van der Waals surface area contributed by atoms with Crippen molar-refractivity contribution in [2.45, 2.75) is 36.2 Å². The predicted molar refractivity (Wildman–Crippen MR) is 61.9 cm³/mol. The van der Waals surface area contributed by atoms with E-state index < -0.39 is 21.3 Å². The van der Waals surface area contributed by atoms with Gasteiger partial charge in [0.05, 0.1) is 11.4 Å². The van der Waals surface area contributed by atoms with Crippen LogP contribution >= 0.6 is 0 Å². The molecule has 0 radical (unpaired) electrons. The van der Waals surface area contributed by atoms with Crippen LogP contribution in [0.1, 0.15) is 25.7 Å². The molecule has 0 bridgehead atoms. The Morgan fingerprint density at radius 2 is 1.82 bits per heavy atom. The summed E-state index contributed by atoms with van der Waals surface area (Å²) >= 11 is 0. The molecule has 1 aliphatic rings. The first kappa shape index (κ1) is 12.5. The van der Waals surface area contributed by atoms with Gasteiger partial charge in [-0.1, -0.05) is 25.0 Å². The van der Waals surface area contributed by atoms with Crippen molar-refractivity contribution < 1.29 is 17.9 Å². The van der Waals surface area contributed by atoms with E-state index in [1.807, 2.05) is 0 Å². The van der Waals surface area contributed by atoms with Crippen LogP contribution in [0.3, 0.4) is 0 Å². The molecule has 0 spiro atoms. The number of benzene rings is 1. The van der Waals surface area contributed by atoms with E-state index >= 15 is 0 Å². The monoisotopic (exact) mass is 258 g/mol. The Bertz CT molecular complexity index is 504. The minimum absolute atomic E-state index is 0.319. The quantitative estimate of drug-likeness (QED) is 0.901. The molecule has 1 aromatic rings. The van der Waals surface area contributed by atoms with Crippen molar-refractivity contribution in [2.75, 3.05) is 5.75 Å². The molecule has 1 fully saturated rings. The molecule has 1 aromatic carbocycles. The standard InChI is InChI=1S/C12H15FO3S/c13-10-5-1-2-6-11(10)17(15,16)9-12(14)7-3-4-8-12/h1-2,5-6,14H,3-4,7-9H2. The van der Waals surface area contributed by atoms with Crippen molar-refractivity contribution in [3.8, 4) is 0 Å². The molecule has 0 heterocycles.